The molecular weight excluding hydrogens is 204 g/mol. The molecule has 0 saturated carbocycles. The third-order valence-corrected chi connectivity index (χ3v) is 2.16. The zero-order valence-corrected chi connectivity index (χ0v) is 9.36. The standard InChI is InChI=1S/C12H14N2O2/c1-8-3-9(2)5-11(4-8)15-7-10-6-12(13)16-14-10/h3-6H,7,13H2,1-2H3. The summed E-state index contributed by atoms with van der Waals surface area (Å²) in [4.78, 5) is 0. The van der Waals surface area contributed by atoms with Gasteiger partial charge in [-0.25, -0.2) is 0 Å². The molecule has 2 rings (SSSR count). The SMILES string of the molecule is Cc1cc(C)cc(OCc2cc(N)on2)c1. The highest BCUT2D eigenvalue weighted by molar-refractivity contribution is 5.33. The minimum Gasteiger partial charge on any atom is -0.487 e. The molecule has 2 aromatic rings. The number of rotatable bonds is 3. The molecule has 0 spiro atoms. The van der Waals surface area contributed by atoms with Gasteiger partial charge in [-0.3, -0.25) is 0 Å². The number of nitrogens with two attached hydrogens (primary N) is 1. The molecule has 2 N–H and O–H groups in total. The van der Waals surface area contributed by atoms with Gasteiger partial charge in [0.05, 0.1) is 0 Å². The first-order valence-electron chi connectivity index (χ1n) is 5.05. The van der Waals surface area contributed by atoms with Crippen LogP contribution in [-0.4, -0.2) is 5.16 Å². The largest absolute Gasteiger partial charge is 0.487 e. The Morgan fingerprint density at radius 3 is 2.44 bits per heavy atom. The zero-order chi connectivity index (χ0) is 11.5. The maximum absolute atomic E-state index is 5.59. The summed E-state index contributed by atoms with van der Waals surface area (Å²) in [6.07, 6.45) is 0. The molecule has 0 aliphatic carbocycles. The van der Waals surface area contributed by atoms with Gasteiger partial charge in [0.25, 0.3) is 0 Å². The van der Waals surface area contributed by atoms with Gasteiger partial charge in [0.2, 0.25) is 5.88 Å². The maximum Gasteiger partial charge on any atom is 0.222 e. The Hall–Kier alpha value is -1.97. The summed E-state index contributed by atoms with van der Waals surface area (Å²) < 4.78 is 10.3. The molecule has 1 heterocycles. The molecule has 0 bridgehead atoms. The van der Waals surface area contributed by atoms with Crippen molar-refractivity contribution in [3.8, 4) is 5.75 Å². The Morgan fingerprint density at radius 1 is 1.19 bits per heavy atom. The van der Waals surface area contributed by atoms with Gasteiger partial charge in [-0.2, -0.15) is 0 Å². The normalized spacial score (nSPS) is 10.4. The van der Waals surface area contributed by atoms with Crippen LogP contribution in [0, 0.1) is 13.8 Å². The zero-order valence-electron chi connectivity index (χ0n) is 9.36. The van der Waals surface area contributed by atoms with E-state index in [2.05, 4.69) is 11.2 Å². The molecule has 0 atom stereocenters. The Bertz CT molecular complexity index is 471. The fourth-order valence-corrected chi connectivity index (χ4v) is 1.57. The number of ether oxygens (including phenoxy) is 1. The predicted molar refractivity (Wildman–Crippen MR) is 61.2 cm³/mol. The van der Waals surface area contributed by atoms with Gasteiger partial charge in [-0.1, -0.05) is 11.2 Å². The molecule has 84 valence electrons. The van der Waals surface area contributed by atoms with E-state index in [0.29, 0.717) is 18.2 Å². The van der Waals surface area contributed by atoms with Crippen LogP contribution < -0.4 is 10.5 Å². The van der Waals surface area contributed by atoms with Gasteiger partial charge in [-0.15, -0.1) is 0 Å². The van der Waals surface area contributed by atoms with Crippen molar-refractivity contribution in [1.29, 1.82) is 0 Å². The van der Waals surface area contributed by atoms with Crippen LogP contribution in [-0.2, 0) is 6.61 Å². The summed E-state index contributed by atoms with van der Waals surface area (Å²) in [7, 11) is 0. The summed E-state index contributed by atoms with van der Waals surface area (Å²) >= 11 is 0. The first-order valence-corrected chi connectivity index (χ1v) is 5.05. The van der Waals surface area contributed by atoms with Crippen LogP contribution in [0.3, 0.4) is 0 Å². The molecule has 4 heteroatoms. The van der Waals surface area contributed by atoms with E-state index in [1.807, 2.05) is 26.0 Å². The fraction of sp³-hybridized carbons (Fsp3) is 0.250. The monoisotopic (exact) mass is 218 g/mol. The number of aromatic nitrogens is 1. The van der Waals surface area contributed by atoms with Crippen molar-refractivity contribution in [2.45, 2.75) is 20.5 Å². The second-order valence-corrected chi connectivity index (χ2v) is 3.83. The highest BCUT2D eigenvalue weighted by Gasteiger charge is 2.02. The molecule has 4 nitrogen and oxygen atoms in total. The van der Waals surface area contributed by atoms with Crippen molar-refractivity contribution in [3.63, 3.8) is 0 Å². The highest BCUT2D eigenvalue weighted by Crippen LogP contribution is 2.17. The molecule has 0 amide bonds. The molecule has 0 aliphatic heterocycles. The Morgan fingerprint density at radius 2 is 1.88 bits per heavy atom. The number of aryl methyl sites for hydroxylation is 2. The maximum atomic E-state index is 5.59. The van der Waals surface area contributed by atoms with Gasteiger partial charge in [0, 0.05) is 6.07 Å². The van der Waals surface area contributed by atoms with Gasteiger partial charge >= 0.3 is 0 Å². The van der Waals surface area contributed by atoms with E-state index in [0.717, 1.165) is 5.75 Å². The van der Waals surface area contributed by atoms with Crippen molar-refractivity contribution >= 4 is 5.88 Å². The van der Waals surface area contributed by atoms with Gasteiger partial charge in [0.1, 0.15) is 18.1 Å². The molecule has 0 radical (unpaired) electrons. The third kappa shape index (κ3) is 2.53. The first kappa shape index (κ1) is 10.5. The van der Waals surface area contributed by atoms with Crippen molar-refractivity contribution in [1.82, 2.24) is 5.16 Å². The average molecular weight is 218 g/mol. The van der Waals surface area contributed by atoms with E-state index >= 15 is 0 Å². The van der Waals surface area contributed by atoms with E-state index in [1.165, 1.54) is 11.1 Å². The molecule has 1 aromatic carbocycles. The minimum atomic E-state index is 0.305. The van der Waals surface area contributed by atoms with E-state index in [-0.39, 0.29) is 0 Å². The summed E-state index contributed by atoms with van der Waals surface area (Å²) in [6.45, 7) is 4.44. The lowest BCUT2D eigenvalue weighted by atomic mass is 10.1. The number of benzene rings is 1. The number of hydrogen-bond acceptors (Lipinski definition) is 4. The topological polar surface area (TPSA) is 61.3 Å². The smallest absolute Gasteiger partial charge is 0.222 e. The van der Waals surface area contributed by atoms with Gasteiger partial charge < -0.3 is 15.0 Å². The van der Waals surface area contributed by atoms with Crippen LogP contribution in [0.4, 0.5) is 5.88 Å². The molecule has 1 aromatic heterocycles. The molecule has 16 heavy (non-hydrogen) atoms. The van der Waals surface area contributed by atoms with E-state index in [4.69, 9.17) is 15.0 Å². The highest BCUT2D eigenvalue weighted by atomic mass is 16.5. The summed E-state index contributed by atoms with van der Waals surface area (Å²) in [6, 6.07) is 7.72. The molecule has 0 fully saturated rings. The van der Waals surface area contributed by atoms with Crippen molar-refractivity contribution in [2.24, 2.45) is 0 Å². The molecule has 0 unspecified atom stereocenters. The van der Waals surface area contributed by atoms with E-state index in [9.17, 15) is 0 Å². The second-order valence-electron chi connectivity index (χ2n) is 3.83. The minimum absolute atomic E-state index is 0.305. The lowest BCUT2D eigenvalue weighted by Crippen LogP contribution is -1.96. The first-order chi connectivity index (χ1) is 7.63. The number of hydrogen-bond donors (Lipinski definition) is 1. The number of anilines is 1. The third-order valence-electron chi connectivity index (χ3n) is 2.16. The predicted octanol–water partition coefficient (Wildman–Crippen LogP) is 2.45. The summed E-state index contributed by atoms with van der Waals surface area (Å²) in [5.41, 5.74) is 8.45. The van der Waals surface area contributed by atoms with Crippen LogP contribution in [0.2, 0.25) is 0 Å². The average Bonchev–Trinajstić information content (AvgIpc) is 2.60. The van der Waals surface area contributed by atoms with Crippen LogP contribution in [0.25, 0.3) is 0 Å². The van der Waals surface area contributed by atoms with Gasteiger partial charge in [-0.05, 0) is 37.1 Å². The van der Waals surface area contributed by atoms with Crippen molar-refractivity contribution < 1.29 is 9.26 Å². The van der Waals surface area contributed by atoms with Crippen LogP contribution in [0.5, 0.6) is 5.75 Å². The van der Waals surface area contributed by atoms with Crippen LogP contribution in [0.1, 0.15) is 16.8 Å². The Kier molecular flexibility index (Phi) is 2.81. The lowest BCUT2D eigenvalue weighted by molar-refractivity contribution is 0.290. The van der Waals surface area contributed by atoms with E-state index < -0.39 is 0 Å². The number of nitrogen functional groups attached to an aromatic ring is 1. The van der Waals surface area contributed by atoms with Crippen LogP contribution >= 0.6 is 0 Å². The molecular formula is C12H14N2O2. The number of nitrogens with zero attached hydrogens (tertiary/aromatic N) is 1. The van der Waals surface area contributed by atoms with E-state index in [1.54, 1.807) is 6.07 Å². The Balaban J connectivity index is 2.04. The van der Waals surface area contributed by atoms with Crippen molar-refractivity contribution in [3.05, 3.63) is 41.1 Å². The molecule has 0 saturated heterocycles. The molecule has 0 aliphatic rings. The summed E-state index contributed by atoms with van der Waals surface area (Å²) in [5.74, 6) is 1.14. The fourth-order valence-electron chi connectivity index (χ4n) is 1.57. The Labute approximate surface area is 94.0 Å². The summed E-state index contributed by atoms with van der Waals surface area (Å²) in [5, 5.41) is 3.75. The van der Waals surface area contributed by atoms with Crippen LogP contribution in [0.15, 0.2) is 28.8 Å². The second kappa shape index (κ2) is 4.26. The lowest BCUT2D eigenvalue weighted by Gasteiger charge is -2.06. The van der Waals surface area contributed by atoms with Gasteiger partial charge in [0.15, 0.2) is 0 Å². The quantitative estimate of drug-likeness (QED) is 0.859. The van der Waals surface area contributed by atoms with Crippen molar-refractivity contribution in [2.75, 3.05) is 5.73 Å².